The Bertz CT molecular complexity index is 362. The molecule has 1 heterocycles. The zero-order chi connectivity index (χ0) is 10.8. The largest absolute Gasteiger partial charge is 0.398 e. The fourth-order valence-corrected chi connectivity index (χ4v) is 2.14. The maximum atomic E-state index is 6.12. The van der Waals surface area contributed by atoms with Crippen LogP contribution in [0.25, 0.3) is 0 Å². The van der Waals surface area contributed by atoms with Gasteiger partial charge in [0.1, 0.15) is 0 Å². The maximum absolute atomic E-state index is 6.12. The van der Waals surface area contributed by atoms with Gasteiger partial charge in [-0.1, -0.05) is 11.6 Å². The zero-order valence-corrected chi connectivity index (χ0v) is 9.26. The molecule has 1 aromatic carbocycles. The molecule has 1 aliphatic heterocycles. The first-order valence-electron chi connectivity index (χ1n) is 5.12. The Morgan fingerprint density at radius 3 is 2.73 bits per heavy atom. The number of nitrogen functional groups attached to an aromatic ring is 2. The van der Waals surface area contributed by atoms with Crippen molar-refractivity contribution in [1.29, 1.82) is 0 Å². The zero-order valence-electron chi connectivity index (χ0n) is 8.50. The number of nitrogens with two attached hydrogens (primary N) is 2. The summed E-state index contributed by atoms with van der Waals surface area (Å²) in [6.07, 6.45) is 3.19. The van der Waals surface area contributed by atoms with Gasteiger partial charge in [-0.3, -0.25) is 0 Å². The number of hydrogen-bond acceptors (Lipinski definition) is 3. The van der Waals surface area contributed by atoms with Gasteiger partial charge in [0.2, 0.25) is 0 Å². The van der Waals surface area contributed by atoms with Crippen LogP contribution in [0.5, 0.6) is 0 Å². The number of benzene rings is 1. The molecule has 0 amide bonds. The van der Waals surface area contributed by atoms with E-state index in [1.54, 1.807) is 12.1 Å². The lowest BCUT2D eigenvalue weighted by atomic mass is 10.0. The molecule has 1 atom stereocenters. The average molecular weight is 227 g/mol. The molecule has 4 N–H and O–H groups in total. The van der Waals surface area contributed by atoms with E-state index in [0.29, 0.717) is 16.4 Å². The normalized spacial score (nSPS) is 20.7. The Kier molecular flexibility index (Phi) is 3.03. The third-order valence-electron chi connectivity index (χ3n) is 2.77. The van der Waals surface area contributed by atoms with Gasteiger partial charge in [0.05, 0.1) is 16.8 Å². The maximum Gasteiger partial charge on any atom is 0.0688 e. The van der Waals surface area contributed by atoms with E-state index in [1.165, 1.54) is 0 Å². The van der Waals surface area contributed by atoms with Crippen LogP contribution in [0, 0.1) is 0 Å². The van der Waals surface area contributed by atoms with E-state index in [4.69, 9.17) is 27.8 Å². The molecule has 1 aromatic rings. The van der Waals surface area contributed by atoms with Crippen molar-refractivity contribution in [2.45, 2.75) is 25.4 Å². The highest BCUT2D eigenvalue weighted by molar-refractivity contribution is 6.34. The number of halogens is 1. The molecule has 3 nitrogen and oxygen atoms in total. The Morgan fingerprint density at radius 1 is 1.33 bits per heavy atom. The Hall–Kier alpha value is -0.930. The Balaban J connectivity index is 2.22. The Morgan fingerprint density at radius 2 is 2.07 bits per heavy atom. The van der Waals surface area contributed by atoms with Crippen LogP contribution in [0.3, 0.4) is 0 Å². The van der Waals surface area contributed by atoms with Crippen molar-refractivity contribution in [2.75, 3.05) is 18.1 Å². The molecular formula is C11H15ClN2O. The van der Waals surface area contributed by atoms with Crippen molar-refractivity contribution < 1.29 is 4.74 Å². The van der Waals surface area contributed by atoms with Crippen molar-refractivity contribution in [3.8, 4) is 0 Å². The van der Waals surface area contributed by atoms with Gasteiger partial charge in [0.25, 0.3) is 0 Å². The summed E-state index contributed by atoms with van der Waals surface area (Å²) in [6, 6.07) is 3.53. The molecule has 0 aliphatic carbocycles. The van der Waals surface area contributed by atoms with E-state index in [2.05, 4.69) is 0 Å². The van der Waals surface area contributed by atoms with Crippen LogP contribution in [0.15, 0.2) is 12.1 Å². The molecule has 1 unspecified atom stereocenters. The minimum atomic E-state index is 0.242. The molecular weight excluding hydrogens is 212 g/mol. The predicted molar refractivity (Wildman–Crippen MR) is 63.0 cm³/mol. The molecule has 1 fully saturated rings. The third-order valence-corrected chi connectivity index (χ3v) is 3.21. The van der Waals surface area contributed by atoms with Crippen LogP contribution in [0.2, 0.25) is 5.02 Å². The minimum absolute atomic E-state index is 0.242. The van der Waals surface area contributed by atoms with Crippen LogP contribution < -0.4 is 11.5 Å². The first kappa shape index (κ1) is 10.6. The monoisotopic (exact) mass is 226 g/mol. The van der Waals surface area contributed by atoms with Gasteiger partial charge in [-0.2, -0.15) is 0 Å². The molecule has 82 valence electrons. The lowest BCUT2D eigenvalue weighted by molar-refractivity contribution is 0.111. The minimum Gasteiger partial charge on any atom is -0.398 e. The van der Waals surface area contributed by atoms with E-state index < -0.39 is 0 Å². The molecule has 1 saturated heterocycles. The number of rotatable bonds is 2. The lowest BCUT2D eigenvalue weighted by Gasteiger charge is -2.14. The van der Waals surface area contributed by atoms with Gasteiger partial charge in [-0.05, 0) is 30.5 Å². The summed E-state index contributed by atoms with van der Waals surface area (Å²) in [5, 5.41) is 0.575. The van der Waals surface area contributed by atoms with Gasteiger partial charge >= 0.3 is 0 Å². The highest BCUT2D eigenvalue weighted by atomic mass is 35.5. The first-order chi connectivity index (χ1) is 7.18. The van der Waals surface area contributed by atoms with Crippen LogP contribution in [-0.2, 0) is 11.2 Å². The van der Waals surface area contributed by atoms with Gasteiger partial charge in [0.15, 0.2) is 0 Å². The van der Waals surface area contributed by atoms with Crippen molar-refractivity contribution in [1.82, 2.24) is 0 Å². The fourth-order valence-electron chi connectivity index (χ4n) is 1.89. The molecule has 0 radical (unpaired) electrons. The summed E-state index contributed by atoms with van der Waals surface area (Å²) in [5.41, 5.74) is 13.8. The van der Waals surface area contributed by atoms with E-state index >= 15 is 0 Å². The third kappa shape index (κ3) is 2.19. The molecule has 0 saturated carbocycles. The number of ether oxygens (including phenoxy) is 1. The van der Waals surface area contributed by atoms with Gasteiger partial charge < -0.3 is 16.2 Å². The average Bonchev–Trinajstić information content (AvgIpc) is 2.71. The van der Waals surface area contributed by atoms with Crippen LogP contribution in [0.1, 0.15) is 18.4 Å². The van der Waals surface area contributed by atoms with Gasteiger partial charge in [0, 0.05) is 18.7 Å². The van der Waals surface area contributed by atoms with E-state index in [-0.39, 0.29) is 6.10 Å². The van der Waals surface area contributed by atoms with Crippen molar-refractivity contribution in [2.24, 2.45) is 0 Å². The van der Waals surface area contributed by atoms with Crippen molar-refractivity contribution in [3.63, 3.8) is 0 Å². The summed E-state index contributed by atoms with van der Waals surface area (Å²) in [7, 11) is 0. The SMILES string of the molecule is Nc1ccc(N)c(CC2CCCO2)c1Cl. The highest BCUT2D eigenvalue weighted by Crippen LogP contribution is 2.31. The van der Waals surface area contributed by atoms with Crippen molar-refractivity contribution in [3.05, 3.63) is 22.7 Å². The van der Waals surface area contributed by atoms with Crippen LogP contribution >= 0.6 is 11.6 Å². The molecule has 4 heteroatoms. The van der Waals surface area contributed by atoms with E-state index in [0.717, 1.165) is 31.4 Å². The second kappa shape index (κ2) is 4.29. The molecule has 0 bridgehead atoms. The summed E-state index contributed by atoms with van der Waals surface area (Å²) >= 11 is 6.12. The highest BCUT2D eigenvalue weighted by Gasteiger charge is 2.19. The summed E-state index contributed by atoms with van der Waals surface area (Å²) in [4.78, 5) is 0. The smallest absolute Gasteiger partial charge is 0.0688 e. The molecule has 0 spiro atoms. The first-order valence-corrected chi connectivity index (χ1v) is 5.50. The summed E-state index contributed by atoms with van der Waals surface area (Å²) in [6.45, 7) is 0.838. The molecule has 2 rings (SSSR count). The molecule has 0 aromatic heterocycles. The van der Waals surface area contributed by atoms with Crippen LogP contribution in [-0.4, -0.2) is 12.7 Å². The topological polar surface area (TPSA) is 61.3 Å². The second-order valence-corrected chi connectivity index (χ2v) is 4.25. The van der Waals surface area contributed by atoms with Gasteiger partial charge in [-0.25, -0.2) is 0 Å². The van der Waals surface area contributed by atoms with Gasteiger partial charge in [-0.15, -0.1) is 0 Å². The standard InChI is InChI=1S/C11H15ClN2O/c12-11-8(6-7-2-1-5-15-7)9(13)3-4-10(11)14/h3-4,7H,1-2,5-6,13-14H2. The van der Waals surface area contributed by atoms with Crippen LogP contribution in [0.4, 0.5) is 11.4 Å². The van der Waals surface area contributed by atoms with Crippen molar-refractivity contribution >= 4 is 23.0 Å². The predicted octanol–water partition coefficient (Wildman–Crippen LogP) is 2.23. The Labute approximate surface area is 94.3 Å². The second-order valence-electron chi connectivity index (χ2n) is 3.88. The fraction of sp³-hybridized carbons (Fsp3) is 0.455. The lowest BCUT2D eigenvalue weighted by Crippen LogP contribution is -2.11. The quantitative estimate of drug-likeness (QED) is 0.761. The molecule has 15 heavy (non-hydrogen) atoms. The molecule has 1 aliphatic rings. The number of hydrogen-bond donors (Lipinski definition) is 2. The number of anilines is 2. The van der Waals surface area contributed by atoms with E-state index in [9.17, 15) is 0 Å². The van der Waals surface area contributed by atoms with E-state index in [1.807, 2.05) is 0 Å². The summed E-state index contributed by atoms with van der Waals surface area (Å²) in [5.74, 6) is 0. The summed E-state index contributed by atoms with van der Waals surface area (Å²) < 4.78 is 5.55.